The van der Waals surface area contributed by atoms with Crippen LogP contribution in [0.1, 0.15) is 62.6 Å². The molecule has 0 radical (unpaired) electrons. The van der Waals surface area contributed by atoms with E-state index in [1.54, 1.807) is 0 Å². The minimum atomic E-state index is -1.21. The van der Waals surface area contributed by atoms with Crippen molar-refractivity contribution in [3.63, 3.8) is 0 Å². The number of amides is 1. The van der Waals surface area contributed by atoms with E-state index in [0.717, 1.165) is 37.3 Å². The number of hydrogen-bond acceptors (Lipinski definition) is 2. The average molecular weight is 433 g/mol. The molecule has 0 spiro atoms. The summed E-state index contributed by atoms with van der Waals surface area (Å²) in [4.78, 5) is 14.8. The second kappa shape index (κ2) is 10.8. The Morgan fingerprint density at radius 1 is 1.03 bits per heavy atom. The first kappa shape index (κ1) is 23.3. The summed E-state index contributed by atoms with van der Waals surface area (Å²) in [6.45, 7) is 1.97. The molecule has 1 aliphatic rings. The van der Waals surface area contributed by atoms with Gasteiger partial charge >= 0.3 is 0 Å². The molecule has 2 atom stereocenters. The molecule has 168 valence electrons. The van der Waals surface area contributed by atoms with Crippen LogP contribution >= 0.6 is 0 Å². The summed E-state index contributed by atoms with van der Waals surface area (Å²) in [6.07, 6.45) is 5.68. The molecule has 0 saturated heterocycles. The number of nitrogens with zero attached hydrogens (tertiary/aromatic N) is 1. The maximum atomic E-state index is 14.3. The van der Waals surface area contributed by atoms with Crippen molar-refractivity contribution in [1.29, 1.82) is 0 Å². The van der Waals surface area contributed by atoms with Crippen LogP contribution in [0.3, 0.4) is 0 Å². The molecule has 2 aromatic rings. The number of halogens is 3. The van der Waals surface area contributed by atoms with Crippen molar-refractivity contribution in [2.24, 2.45) is 0 Å². The zero-order valence-electron chi connectivity index (χ0n) is 18.2. The quantitative estimate of drug-likeness (QED) is 0.555. The highest BCUT2D eigenvalue weighted by atomic mass is 19.2. The van der Waals surface area contributed by atoms with Gasteiger partial charge in [-0.05, 0) is 43.4 Å². The van der Waals surface area contributed by atoms with Crippen molar-refractivity contribution in [2.75, 3.05) is 7.05 Å². The third-order valence-corrected chi connectivity index (χ3v) is 6.28. The van der Waals surface area contributed by atoms with Crippen molar-refractivity contribution in [3.05, 3.63) is 71.0 Å². The molecule has 1 aliphatic carbocycles. The van der Waals surface area contributed by atoms with E-state index in [-0.39, 0.29) is 36.4 Å². The lowest BCUT2D eigenvalue weighted by Crippen LogP contribution is -2.43. The van der Waals surface area contributed by atoms with Gasteiger partial charge in [0.05, 0.1) is 0 Å². The van der Waals surface area contributed by atoms with Crippen molar-refractivity contribution >= 4 is 5.91 Å². The molecule has 1 N–H and O–H groups in total. The topological polar surface area (TPSA) is 32.3 Å². The van der Waals surface area contributed by atoms with Crippen LogP contribution in [0.25, 0.3) is 0 Å². The van der Waals surface area contributed by atoms with E-state index in [9.17, 15) is 18.0 Å². The van der Waals surface area contributed by atoms with Crippen molar-refractivity contribution in [3.8, 4) is 0 Å². The summed E-state index contributed by atoms with van der Waals surface area (Å²) in [5.74, 6) is -3.12. The van der Waals surface area contributed by atoms with Gasteiger partial charge in [-0.25, -0.2) is 13.2 Å². The summed E-state index contributed by atoms with van der Waals surface area (Å²) < 4.78 is 41.4. The number of rotatable bonds is 8. The molecule has 1 fully saturated rings. The maximum Gasteiger partial charge on any atom is 0.224 e. The van der Waals surface area contributed by atoms with Gasteiger partial charge in [-0.3, -0.25) is 4.79 Å². The molecule has 3 nitrogen and oxygen atoms in total. The molecule has 0 heterocycles. The van der Waals surface area contributed by atoms with Gasteiger partial charge in [0, 0.05) is 37.7 Å². The summed E-state index contributed by atoms with van der Waals surface area (Å²) >= 11 is 0. The van der Waals surface area contributed by atoms with Gasteiger partial charge < -0.3 is 10.2 Å². The van der Waals surface area contributed by atoms with Gasteiger partial charge in [0.15, 0.2) is 11.6 Å². The van der Waals surface area contributed by atoms with Gasteiger partial charge in [0.2, 0.25) is 5.91 Å². The first-order chi connectivity index (χ1) is 14.8. The molecular weight excluding hydrogens is 401 g/mol. The second-order valence-corrected chi connectivity index (χ2v) is 8.56. The Kier molecular flexibility index (Phi) is 8.13. The Morgan fingerprint density at radius 2 is 1.68 bits per heavy atom. The summed E-state index contributed by atoms with van der Waals surface area (Å²) in [7, 11) is 1.83. The number of nitrogens with one attached hydrogen (secondary N) is 1. The number of carbonyl (C=O) groups is 1. The van der Waals surface area contributed by atoms with Crippen LogP contribution in [0, 0.1) is 17.5 Å². The zero-order valence-corrected chi connectivity index (χ0v) is 18.2. The van der Waals surface area contributed by atoms with E-state index in [0.29, 0.717) is 6.07 Å². The van der Waals surface area contributed by atoms with Crippen LogP contribution < -0.4 is 5.32 Å². The molecule has 0 unspecified atom stereocenters. The molecule has 6 heteroatoms. The fourth-order valence-corrected chi connectivity index (χ4v) is 4.39. The molecule has 0 aromatic heterocycles. The highest BCUT2D eigenvalue weighted by molar-refractivity contribution is 5.77. The minimum absolute atomic E-state index is 0.0207. The minimum Gasteiger partial charge on any atom is -0.343 e. The summed E-state index contributed by atoms with van der Waals surface area (Å²) in [6, 6.07) is 10.9. The molecule has 1 saturated carbocycles. The molecule has 2 aromatic carbocycles. The molecule has 0 aliphatic heterocycles. The average Bonchev–Trinajstić information content (AvgIpc) is 2.78. The highest BCUT2D eigenvalue weighted by Gasteiger charge is 2.26. The van der Waals surface area contributed by atoms with Gasteiger partial charge in [0.25, 0.3) is 0 Å². The Bertz CT molecular complexity index is 869. The summed E-state index contributed by atoms with van der Waals surface area (Å²) in [5.41, 5.74) is 1.09. The SMILES string of the molecule is C[C@@H](N[C@@H](CC(=O)N(C)C1CCCCC1)Cc1cc(F)c(F)cc1F)c1ccccc1. The third kappa shape index (κ3) is 6.33. The Morgan fingerprint density at radius 3 is 2.35 bits per heavy atom. The van der Waals surface area contributed by atoms with Crippen LogP contribution in [-0.2, 0) is 11.2 Å². The molecule has 31 heavy (non-hydrogen) atoms. The van der Waals surface area contributed by atoms with E-state index in [1.807, 2.05) is 49.2 Å². The van der Waals surface area contributed by atoms with Gasteiger partial charge in [-0.1, -0.05) is 49.6 Å². The van der Waals surface area contributed by atoms with Crippen LogP contribution in [-0.4, -0.2) is 29.9 Å². The second-order valence-electron chi connectivity index (χ2n) is 8.56. The predicted octanol–water partition coefficient (Wildman–Crippen LogP) is 5.55. The number of benzene rings is 2. The van der Waals surface area contributed by atoms with Crippen molar-refractivity contribution in [2.45, 2.75) is 70.0 Å². The van der Waals surface area contributed by atoms with Crippen LogP contribution in [0.2, 0.25) is 0 Å². The molecule has 0 bridgehead atoms. The Labute approximate surface area is 182 Å². The normalized spacial score (nSPS) is 16.7. The van der Waals surface area contributed by atoms with E-state index in [1.165, 1.54) is 6.42 Å². The Hall–Kier alpha value is -2.34. The number of carbonyl (C=O) groups excluding carboxylic acids is 1. The molecule has 1 amide bonds. The highest BCUT2D eigenvalue weighted by Crippen LogP contribution is 2.24. The van der Waals surface area contributed by atoms with Crippen molar-refractivity contribution < 1.29 is 18.0 Å². The Balaban J connectivity index is 1.76. The van der Waals surface area contributed by atoms with Crippen LogP contribution in [0.4, 0.5) is 13.2 Å². The molecule has 3 rings (SSSR count). The molecular formula is C25H31F3N2O. The fourth-order valence-electron chi connectivity index (χ4n) is 4.39. The standard InChI is InChI=1S/C25H31F3N2O/c1-17(18-9-5-3-6-10-18)29-20(13-19-14-23(27)24(28)16-22(19)26)15-25(31)30(2)21-11-7-4-8-12-21/h3,5-6,9-10,14,16-17,20-21,29H,4,7-8,11-13,15H2,1-2H3/t17-,20-/m1/s1. The lowest BCUT2D eigenvalue weighted by molar-refractivity contribution is -0.133. The monoisotopic (exact) mass is 432 g/mol. The zero-order chi connectivity index (χ0) is 22.4. The lowest BCUT2D eigenvalue weighted by atomic mass is 9.93. The van der Waals surface area contributed by atoms with Gasteiger partial charge in [0.1, 0.15) is 5.82 Å². The first-order valence-electron chi connectivity index (χ1n) is 11.0. The van der Waals surface area contributed by atoms with Gasteiger partial charge in [-0.15, -0.1) is 0 Å². The summed E-state index contributed by atoms with van der Waals surface area (Å²) in [5, 5.41) is 3.40. The smallest absolute Gasteiger partial charge is 0.224 e. The first-order valence-corrected chi connectivity index (χ1v) is 11.0. The number of hydrogen-bond donors (Lipinski definition) is 1. The van der Waals surface area contributed by atoms with Crippen molar-refractivity contribution in [1.82, 2.24) is 10.2 Å². The van der Waals surface area contributed by atoms with E-state index in [4.69, 9.17) is 0 Å². The largest absolute Gasteiger partial charge is 0.343 e. The van der Waals surface area contributed by atoms with Gasteiger partial charge in [-0.2, -0.15) is 0 Å². The van der Waals surface area contributed by atoms with Crippen LogP contribution in [0.15, 0.2) is 42.5 Å². The van der Waals surface area contributed by atoms with E-state index >= 15 is 0 Å². The fraction of sp³-hybridized carbons (Fsp3) is 0.480. The van der Waals surface area contributed by atoms with E-state index in [2.05, 4.69) is 5.32 Å². The maximum absolute atomic E-state index is 14.3. The van der Waals surface area contributed by atoms with E-state index < -0.39 is 23.5 Å². The predicted molar refractivity (Wildman–Crippen MR) is 116 cm³/mol. The third-order valence-electron chi connectivity index (χ3n) is 6.28. The lowest BCUT2D eigenvalue weighted by Gasteiger charge is -2.33. The van der Waals surface area contributed by atoms with Crippen LogP contribution in [0.5, 0.6) is 0 Å².